The van der Waals surface area contributed by atoms with Crippen LogP contribution in [0.15, 0.2) is 0 Å². The molecule has 2 unspecified atom stereocenters. The highest BCUT2D eigenvalue weighted by Gasteiger charge is 2.45. The van der Waals surface area contributed by atoms with E-state index in [0.717, 1.165) is 25.7 Å². The minimum absolute atomic E-state index is 0.000482. The molecule has 1 saturated heterocycles. The van der Waals surface area contributed by atoms with Crippen LogP contribution in [0.2, 0.25) is 0 Å². The molecule has 0 radical (unpaired) electrons. The molecule has 7 heteroatoms. The van der Waals surface area contributed by atoms with E-state index in [1.165, 1.54) is 4.31 Å². The van der Waals surface area contributed by atoms with Gasteiger partial charge in [-0.05, 0) is 19.3 Å². The molecule has 0 amide bonds. The largest absolute Gasteiger partial charge is 0.392 e. The van der Waals surface area contributed by atoms with Crippen molar-refractivity contribution in [3.63, 3.8) is 0 Å². The number of rotatable bonds is 3. The fourth-order valence-electron chi connectivity index (χ4n) is 3.06. The third-order valence-corrected chi connectivity index (χ3v) is 6.23. The van der Waals surface area contributed by atoms with Gasteiger partial charge >= 0.3 is 0 Å². The summed E-state index contributed by atoms with van der Waals surface area (Å²) < 4.78 is 25.5. The van der Waals surface area contributed by atoms with Crippen molar-refractivity contribution in [3.8, 4) is 0 Å². The normalized spacial score (nSPS) is 33.9. The second-order valence-corrected chi connectivity index (χ2v) is 7.87. The summed E-state index contributed by atoms with van der Waals surface area (Å²) >= 11 is 4.67. The molecule has 2 aliphatic rings. The summed E-state index contributed by atoms with van der Waals surface area (Å²) in [5.41, 5.74) is 4.66. The van der Waals surface area contributed by atoms with Gasteiger partial charge in [0.15, 0.2) is 0 Å². The van der Waals surface area contributed by atoms with Crippen molar-refractivity contribution >= 4 is 27.2 Å². The number of hydrogen-bond acceptors (Lipinski definition) is 4. The molecule has 0 bridgehead atoms. The average Bonchev–Trinajstić information content (AvgIpc) is 2.25. The zero-order chi connectivity index (χ0) is 13.4. The van der Waals surface area contributed by atoms with Crippen LogP contribution in [-0.2, 0) is 10.0 Å². The second-order valence-electron chi connectivity index (χ2n) is 5.38. The zero-order valence-electron chi connectivity index (χ0n) is 10.3. The first-order valence-electron chi connectivity index (χ1n) is 6.32. The number of nitrogens with zero attached hydrogens (tertiary/aromatic N) is 1. The summed E-state index contributed by atoms with van der Waals surface area (Å²) in [5.74, 6) is -0.214. The Morgan fingerprint density at radius 2 is 2.17 bits per heavy atom. The number of sulfonamides is 1. The van der Waals surface area contributed by atoms with Crippen LogP contribution in [0, 0.1) is 5.92 Å². The molecular weight excluding hydrogens is 272 g/mol. The highest BCUT2D eigenvalue weighted by molar-refractivity contribution is 7.92. The van der Waals surface area contributed by atoms with Crippen molar-refractivity contribution in [2.75, 3.05) is 18.8 Å². The molecule has 0 aromatic heterocycles. The Labute approximate surface area is 113 Å². The lowest BCUT2D eigenvalue weighted by atomic mass is 9.72. The van der Waals surface area contributed by atoms with E-state index in [9.17, 15) is 13.5 Å². The monoisotopic (exact) mass is 292 g/mol. The number of thiocarbonyl (C=S) groups is 1. The first-order valence-corrected chi connectivity index (χ1v) is 8.34. The van der Waals surface area contributed by atoms with Crippen LogP contribution in [0.25, 0.3) is 0 Å². The molecule has 2 rings (SSSR count). The van der Waals surface area contributed by atoms with Crippen LogP contribution in [0.3, 0.4) is 0 Å². The van der Waals surface area contributed by atoms with Crippen molar-refractivity contribution in [2.24, 2.45) is 11.7 Å². The van der Waals surface area contributed by atoms with E-state index in [1.807, 2.05) is 0 Å². The predicted molar refractivity (Wildman–Crippen MR) is 73.7 cm³/mol. The number of aliphatic hydroxyl groups is 1. The Kier molecular flexibility index (Phi) is 3.96. The molecule has 2 fully saturated rings. The summed E-state index contributed by atoms with van der Waals surface area (Å²) in [6.45, 7) is 0.777. The lowest BCUT2D eigenvalue weighted by Gasteiger charge is -2.46. The van der Waals surface area contributed by atoms with E-state index < -0.39 is 15.6 Å². The third kappa shape index (κ3) is 2.84. The zero-order valence-corrected chi connectivity index (χ0v) is 12.0. The molecule has 0 aromatic rings. The summed E-state index contributed by atoms with van der Waals surface area (Å²) in [4.78, 5) is -0.000482. The molecule has 18 heavy (non-hydrogen) atoms. The van der Waals surface area contributed by atoms with Gasteiger partial charge in [-0.15, -0.1) is 0 Å². The maximum Gasteiger partial charge on any atom is 0.220 e. The molecule has 1 aliphatic heterocycles. The fourth-order valence-corrected chi connectivity index (χ4v) is 4.83. The molecule has 104 valence electrons. The van der Waals surface area contributed by atoms with Crippen molar-refractivity contribution < 1.29 is 13.5 Å². The van der Waals surface area contributed by atoms with Crippen LogP contribution >= 0.6 is 12.2 Å². The van der Waals surface area contributed by atoms with Gasteiger partial charge in [-0.2, -0.15) is 0 Å². The van der Waals surface area contributed by atoms with Crippen LogP contribution in [0.4, 0.5) is 0 Å². The van der Waals surface area contributed by atoms with Gasteiger partial charge in [-0.25, -0.2) is 12.7 Å². The van der Waals surface area contributed by atoms with E-state index in [1.54, 1.807) is 0 Å². The van der Waals surface area contributed by atoms with Gasteiger partial charge < -0.3 is 10.8 Å². The third-order valence-electron chi connectivity index (χ3n) is 4.11. The predicted octanol–water partition coefficient (Wildman–Crippen LogP) is 0.229. The Bertz CT molecular complexity index is 438. The van der Waals surface area contributed by atoms with Crippen molar-refractivity contribution in [2.45, 2.75) is 37.7 Å². The Morgan fingerprint density at radius 1 is 1.44 bits per heavy atom. The van der Waals surface area contributed by atoms with Gasteiger partial charge in [0.2, 0.25) is 10.0 Å². The highest BCUT2D eigenvalue weighted by Crippen LogP contribution is 2.40. The molecule has 2 atom stereocenters. The van der Waals surface area contributed by atoms with Crippen LogP contribution < -0.4 is 5.73 Å². The highest BCUT2D eigenvalue weighted by atomic mass is 32.2. The first-order chi connectivity index (χ1) is 8.33. The second kappa shape index (κ2) is 5.03. The minimum Gasteiger partial charge on any atom is -0.392 e. The van der Waals surface area contributed by atoms with E-state index in [-0.39, 0.29) is 16.7 Å². The Morgan fingerprint density at radius 3 is 2.83 bits per heavy atom. The van der Waals surface area contributed by atoms with Crippen molar-refractivity contribution in [3.05, 3.63) is 0 Å². The van der Waals surface area contributed by atoms with Crippen LogP contribution in [-0.4, -0.2) is 47.3 Å². The Balaban J connectivity index is 2.09. The molecule has 5 nitrogen and oxygen atoms in total. The summed E-state index contributed by atoms with van der Waals surface area (Å²) in [5, 5.41) is 10.5. The fraction of sp³-hybridized carbons (Fsp3) is 0.909. The molecule has 3 N–H and O–H groups in total. The number of fused-ring (bicyclic) bond motifs is 1. The van der Waals surface area contributed by atoms with Gasteiger partial charge in [-0.3, -0.25) is 0 Å². The standard InChI is InChI=1S/C11H20N2O3S2/c12-10(17)8-18(15,16)13-6-5-11(14)4-2-1-3-9(11)7-13/h9,14H,1-8H2,(H2,12,17). The first kappa shape index (κ1) is 14.2. The van der Waals surface area contributed by atoms with Gasteiger partial charge in [0, 0.05) is 19.0 Å². The molecular formula is C11H20N2O3S2. The number of nitrogens with two attached hydrogens (primary N) is 1. The van der Waals surface area contributed by atoms with Crippen molar-refractivity contribution in [1.29, 1.82) is 0 Å². The van der Waals surface area contributed by atoms with E-state index in [0.29, 0.717) is 19.5 Å². The van der Waals surface area contributed by atoms with Crippen LogP contribution in [0.5, 0.6) is 0 Å². The minimum atomic E-state index is -3.40. The van der Waals surface area contributed by atoms with Gasteiger partial charge in [0.25, 0.3) is 0 Å². The van der Waals surface area contributed by atoms with Gasteiger partial charge in [0.05, 0.1) is 10.6 Å². The maximum absolute atomic E-state index is 12.1. The molecule has 1 aliphatic carbocycles. The van der Waals surface area contributed by atoms with E-state index in [2.05, 4.69) is 12.2 Å². The lowest BCUT2D eigenvalue weighted by molar-refractivity contribution is -0.0816. The number of hydrogen-bond donors (Lipinski definition) is 2. The average molecular weight is 292 g/mol. The van der Waals surface area contributed by atoms with Gasteiger partial charge in [0.1, 0.15) is 5.75 Å². The van der Waals surface area contributed by atoms with Crippen LogP contribution in [0.1, 0.15) is 32.1 Å². The van der Waals surface area contributed by atoms with Crippen molar-refractivity contribution in [1.82, 2.24) is 4.31 Å². The van der Waals surface area contributed by atoms with Gasteiger partial charge in [-0.1, -0.05) is 25.1 Å². The lowest BCUT2D eigenvalue weighted by Crippen LogP contribution is -2.55. The SMILES string of the molecule is NC(=S)CS(=O)(=O)N1CCC2(O)CCCCC2C1. The summed E-state index contributed by atoms with van der Waals surface area (Å²) in [6, 6.07) is 0. The molecule has 0 spiro atoms. The molecule has 0 aromatic carbocycles. The quantitative estimate of drug-likeness (QED) is 0.728. The number of piperidine rings is 1. The maximum atomic E-state index is 12.1. The summed E-state index contributed by atoms with van der Waals surface area (Å²) in [7, 11) is -3.40. The Hall–Kier alpha value is -0.240. The molecule has 1 heterocycles. The smallest absolute Gasteiger partial charge is 0.220 e. The summed E-state index contributed by atoms with van der Waals surface area (Å²) in [6.07, 6.45) is 4.31. The topological polar surface area (TPSA) is 83.6 Å². The molecule has 1 saturated carbocycles. The van der Waals surface area contributed by atoms with E-state index in [4.69, 9.17) is 5.73 Å². The van der Waals surface area contributed by atoms with E-state index >= 15 is 0 Å².